The number of fused-ring (bicyclic) bond motifs is 1. The monoisotopic (exact) mass is 451 g/mol. The van der Waals surface area contributed by atoms with Gasteiger partial charge in [-0.25, -0.2) is 4.98 Å². The van der Waals surface area contributed by atoms with Crippen molar-refractivity contribution in [1.29, 1.82) is 0 Å². The number of rotatable bonds is 6. The van der Waals surface area contributed by atoms with Crippen molar-refractivity contribution in [2.45, 2.75) is 70.8 Å². The molecule has 5 rings (SSSR count). The average Bonchev–Trinajstić information content (AvgIpc) is 3.45. The normalized spacial score (nSPS) is 17.8. The molecule has 176 valence electrons. The number of piperidine rings is 1. The smallest absolute Gasteiger partial charge is 0.277 e. The Morgan fingerprint density at radius 2 is 1.94 bits per heavy atom. The summed E-state index contributed by atoms with van der Waals surface area (Å²) in [7, 11) is 0. The maximum atomic E-state index is 13.4. The number of H-pyrrole nitrogens is 2. The number of imidazole rings is 1. The predicted octanol–water partition coefficient (Wildman–Crippen LogP) is 3.17. The first-order valence-electron chi connectivity index (χ1n) is 12.0. The number of nitrogens with zero attached hydrogens (tertiary/aromatic N) is 3. The summed E-state index contributed by atoms with van der Waals surface area (Å²) in [4.78, 5) is 35.4. The van der Waals surface area contributed by atoms with Crippen LogP contribution in [-0.2, 0) is 11.2 Å². The fourth-order valence-corrected chi connectivity index (χ4v) is 4.97. The molecule has 1 aliphatic carbocycles. The molecule has 1 aliphatic heterocycles. The number of benzene rings is 1. The number of aromatic nitrogens is 4. The first-order chi connectivity index (χ1) is 15.7. The lowest BCUT2D eigenvalue weighted by molar-refractivity contribution is -0.149. The highest BCUT2D eigenvalue weighted by Gasteiger charge is 2.33. The van der Waals surface area contributed by atoms with Gasteiger partial charge in [-0.2, -0.15) is 4.68 Å². The highest BCUT2D eigenvalue weighted by Crippen LogP contribution is 2.40. The van der Waals surface area contributed by atoms with E-state index in [1.807, 2.05) is 25.1 Å². The molecule has 2 fully saturated rings. The lowest BCUT2D eigenvalue weighted by atomic mass is 9.89. The number of likely N-dealkylation sites (tertiary alicyclic amines) is 1. The molecule has 0 unspecified atom stereocenters. The number of aromatic amines is 2. The van der Waals surface area contributed by atoms with Gasteiger partial charge in [-0.3, -0.25) is 14.7 Å². The molecule has 3 aromatic rings. The second kappa shape index (κ2) is 8.17. The van der Waals surface area contributed by atoms with Crippen molar-refractivity contribution in [2.24, 2.45) is 5.92 Å². The summed E-state index contributed by atoms with van der Waals surface area (Å²) in [5, 5.41) is 13.4. The Balaban J connectivity index is 1.31. The van der Waals surface area contributed by atoms with Gasteiger partial charge in [0.25, 0.3) is 11.5 Å². The van der Waals surface area contributed by atoms with Crippen LogP contribution in [0.25, 0.3) is 17.0 Å². The summed E-state index contributed by atoms with van der Waals surface area (Å²) < 4.78 is 1.57. The number of nitrogens with one attached hydrogen (secondary N) is 2. The van der Waals surface area contributed by atoms with E-state index in [0.717, 1.165) is 66.4 Å². The Hall–Kier alpha value is -2.87. The zero-order chi connectivity index (χ0) is 23.3. The predicted molar refractivity (Wildman–Crippen MR) is 127 cm³/mol. The standard InChI is InChI=1S/C25H33N5O3/c1-15-4-9-19-20(14-15)27-24(26-19)30-22(31)18(21(28-30)17-6-7-17)8-5-16-10-12-29(13-11-16)23(32)25(2,3)33/h4,9,14,16-17,28,33H,5-8,10-13H2,1-3H3,(H,26,27). The quantitative estimate of drug-likeness (QED) is 0.535. The summed E-state index contributed by atoms with van der Waals surface area (Å²) in [6.07, 6.45) is 5.70. The van der Waals surface area contributed by atoms with Gasteiger partial charge in [0.15, 0.2) is 0 Å². The first kappa shape index (κ1) is 21.9. The topological polar surface area (TPSA) is 107 Å². The molecule has 0 radical (unpaired) electrons. The summed E-state index contributed by atoms with van der Waals surface area (Å²) in [6, 6.07) is 6.03. The van der Waals surface area contributed by atoms with Crippen molar-refractivity contribution in [2.75, 3.05) is 13.1 Å². The minimum Gasteiger partial charge on any atom is -0.381 e. The van der Waals surface area contributed by atoms with Gasteiger partial charge < -0.3 is 15.0 Å². The molecular weight excluding hydrogens is 418 g/mol. The molecule has 1 amide bonds. The van der Waals surface area contributed by atoms with Gasteiger partial charge in [-0.05, 0) is 82.9 Å². The van der Waals surface area contributed by atoms with E-state index in [1.54, 1.807) is 23.4 Å². The number of carbonyl (C=O) groups excluding carboxylic acids is 1. The van der Waals surface area contributed by atoms with Gasteiger partial charge in [0.05, 0.1) is 11.0 Å². The van der Waals surface area contributed by atoms with Crippen molar-refractivity contribution >= 4 is 16.9 Å². The van der Waals surface area contributed by atoms with Gasteiger partial charge in [0, 0.05) is 30.3 Å². The number of hydrogen-bond donors (Lipinski definition) is 3. The van der Waals surface area contributed by atoms with E-state index in [0.29, 0.717) is 30.9 Å². The molecule has 1 saturated carbocycles. The van der Waals surface area contributed by atoms with Gasteiger partial charge in [-0.15, -0.1) is 0 Å². The molecule has 0 atom stereocenters. The molecule has 1 saturated heterocycles. The third-order valence-corrected chi connectivity index (χ3v) is 7.07. The largest absolute Gasteiger partial charge is 0.381 e. The fourth-order valence-electron chi connectivity index (χ4n) is 4.97. The maximum absolute atomic E-state index is 13.4. The maximum Gasteiger partial charge on any atom is 0.277 e. The van der Waals surface area contributed by atoms with Crippen LogP contribution in [-0.4, -0.2) is 54.4 Å². The number of aliphatic hydroxyl groups is 1. The van der Waals surface area contributed by atoms with E-state index in [4.69, 9.17) is 0 Å². The molecule has 2 aliphatic rings. The average molecular weight is 452 g/mol. The molecule has 0 bridgehead atoms. The zero-order valence-electron chi connectivity index (χ0n) is 19.6. The van der Waals surface area contributed by atoms with E-state index in [-0.39, 0.29) is 11.5 Å². The highest BCUT2D eigenvalue weighted by molar-refractivity contribution is 5.84. The van der Waals surface area contributed by atoms with Crippen LogP contribution in [0.15, 0.2) is 23.0 Å². The molecule has 2 aromatic heterocycles. The van der Waals surface area contributed by atoms with E-state index in [2.05, 4.69) is 15.1 Å². The molecule has 3 heterocycles. The Morgan fingerprint density at radius 1 is 1.21 bits per heavy atom. The third-order valence-electron chi connectivity index (χ3n) is 7.07. The Kier molecular flexibility index (Phi) is 5.43. The van der Waals surface area contributed by atoms with E-state index < -0.39 is 5.60 Å². The van der Waals surface area contributed by atoms with Crippen molar-refractivity contribution in [3.05, 3.63) is 45.4 Å². The van der Waals surface area contributed by atoms with E-state index in [1.165, 1.54) is 0 Å². The van der Waals surface area contributed by atoms with Crippen LogP contribution in [0.5, 0.6) is 0 Å². The highest BCUT2D eigenvalue weighted by atomic mass is 16.3. The third kappa shape index (κ3) is 4.36. The lowest BCUT2D eigenvalue weighted by Gasteiger charge is -2.35. The van der Waals surface area contributed by atoms with Crippen LogP contribution in [0.1, 0.15) is 68.7 Å². The molecule has 1 aromatic carbocycles. The molecule has 8 nitrogen and oxygen atoms in total. The van der Waals surface area contributed by atoms with Crippen LogP contribution in [0, 0.1) is 12.8 Å². The van der Waals surface area contributed by atoms with Crippen LogP contribution < -0.4 is 5.56 Å². The van der Waals surface area contributed by atoms with Crippen molar-refractivity contribution in [3.8, 4) is 5.95 Å². The SMILES string of the molecule is Cc1ccc2nc(-n3[nH]c(C4CC4)c(CCC4CCN(C(=O)C(C)(C)O)CC4)c3=O)[nH]c2c1. The van der Waals surface area contributed by atoms with Crippen LogP contribution in [0.4, 0.5) is 0 Å². The Bertz CT molecular complexity index is 1230. The number of carbonyl (C=O) groups is 1. The summed E-state index contributed by atoms with van der Waals surface area (Å²) in [5.74, 6) is 1.24. The minimum absolute atomic E-state index is 0.0117. The van der Waals surface area contributed by atoms with E-state index >= 15 is 0 Å². The second-order valence-electron chi connectivity index (χ2n) is 10.3. The lowest BCUT2D eigenvalue weighted by Crippen LogP contribution is -2.48. The molecule has 33 heavy (non-hydrogen) atoms. The molecular formula is C25H33N5O3. The fraction of sp³-hybridized carbons (Fsp3) is 0.560. The summed E-state index contributed by atoms with van der Waals surface area (Å²) >= 11 is 0. The zero-order valence-corrected chi connectivity index (χ0v) is 19.6. The molecule has 3 N–H and O–H groups in total. The van der Waals surface area contributed by atoms with Gasteiger partial charge in [-0.1, -0.05) is 6.07 Å². The van der Waals surface area contributed by atoms with Crippen molar-refractivity contribution in [3.63, 3.8) is 0 Å². The summed E-state index contributed by atoms with van der Waals surface area (Å²) in [5.41, 5.74) is 3.52. The summed E-state index contributed by atoms with van der Waals surface area (Å²) in [6.45, 7) is 6.45. The van der Waals surface area contributed by atoms with Crippen molar-refractivity contribution in [1.82, 2.24) is 24.6 Å². The second-order valence-corrected chi connectivity index (χ2v) is 10.3. The molecule has 0 spiro atoms. The minimum atomic E-state index is -1.32. The number of amides is 1. The Labute approximate surface area is 193 Å². The van der Waals surface area contributed by atoms with Gasteiger partial charge in [0.1, 0.15) is 5.60 Å². The Morgan fingerprint density at radius 3 is 2.61 bits per heavy atom. The van der Waals surface area contributed by atoms with Crippen LogP contribution >= 0.6 is 0 Å². The first-order valence-corrected chi connectivity index (χ1v) is 12.0. The van der Waals surface area contributed by atoms with Crippen molar-refractivity contribution < 1.29 is 9.90 Å². The van der Waals surface area contributed by atoms with Crippen LogP contribution in [0.3, 0.4) is 0 Å². The number of hydrogen-bond acceptors (Lipinski definition) is 4. The van der Waals surface area contributed by atoms with Gasteiger partial charge in [0.2, 0.25) is 5.95 Å². The van der Waals surface area contributed by atoms with E-state index in [9.17, 15) is 14.7 Å². The number of aryl methyl sites for hydroxylation is 1. The molecule has 8 heteroatoms. The van der Waals surface area contributed by atoms with Crippen LogP contribution in [0.2, 0.25) is 0 Å². The van der Waals surface area contributed by atoms with Gasteiger partial charge >= 0.3 is 0 Å².